The van der Waals surface area contributed by atoms with E-state index < -0.39 is 0 Å². The number of hydrogen-bond acceptors (Lipinski definition) is 0. The first kappa shape index (κ1) is 14.3. The minimum absolute atomic E-state index is 0. The van der Waals surface area contributed by atoms with Crippen molar-refractivity contribution in [2.45, 2.75) is 58.3 Å². The Morgan fingerprint density at radius 2 is 1.27 bits per heavy atom. The van der Waals surface area contributed by atoms with E-state index in [0.29, 0.717) is 0 Å². The Balaban J connectivity index is 0. The fourth-order valence-corrected chi connectivity index (χ4v) is 1.13. The summed E-state index contributed by atoms with van der Waals surface area (Å²) in [6, 6.07) is 0. The van der Waals surface area contributed by atoms with Gasteiger partial charge in [-0.25, -0.2) is 0 Å². The molecule has 0 heterocycles. The van der Waals surface area contributed by atoms with Crippen LogP contribution in [0.25, 0.3) is 0 Å². The van der Waals surface area contributed by atoms with Crippen LogP contribution in [0.1, 0.15) is 58.3 Å². The second kappa shape index (κ2) is 13.3. The zero-order valence-corrected chi connectivity index (χ0v) is 9.43. The second-order valence-corrected chi connectivity index (χ2v) is 2.97. The van der Waals surface area contributed by atoms with Gasteiger partial charge in [-0.1, -0.05) is 51.9 Å². The molecule has 0 bridgehead atoms. The minimum atomic E-state index is 0. The monoisotopic (exact) mass is 189 g/mol. The molecule has 0 nitrogen and oxygen atoms in total. The molecule has 0 unspecified atom stereocenters. The van der Waals surface area contributed by atoms with Crippen molar-refractivity contribution >= 4 is 0 Å². The van der Waals surface area contributed by atoms with E-state index in [1.54, 1.807) is 0 Å². The summed E-state index contributed by atoms with van der Waals surface area (Å²) in [4.78, 5) is 0. The van der Waals surface area contributed by atoms with Crippen LogP contribution in [-0.2, 0) is 21.7 Å². The molecule has 0 aromatic carbocycles. The van der Waals surface area contributed by atoms with Gasteiger partial charge in [0.15, 0.2) is 0 Å². The summed E-state index contributed by atoms with van der Waals surface area (Å²) in [5.41, 5.74) is 0. The van der Waals surface area contributed by atoms with E-state index in [9.17, 15) is 0 Å². The number of unbranched alkanes of at least 4 members (excludes halogenated alkanes) is 7. The molecule has 0 aromatic heterocycles. The normalized spacial score (nSPS) is 9.27. The maximum absolute atomic E-state index is 3.82. The molecule has 0 aromatic rings. The van der Waals surface area contributed by atoms with Crippen LogP contribution in [0.2, 0.25) is 0 Å². The van der Waals surface area contributed by atoms with Gasteiger partial charge in [0.25, 0.3) is 0 Å². The summed E-state index contributed by atoms with van der Waals surface area (Å²) in [5.74, 6) is 0. The van der Waals surface area contributed by atoms with Crippen molar-refractivity contribution in [3.05, 3.63) is 6.92 Å². The smallest absolute Gasteiger partial charge is 0 e. The van der Waals surface area contributed by atoms with Crippen LogP contribution in [0.4, 0.5) is 0 Å². The Hall–Kier alpha value is 0.714. The molecular weight excluding hydrogens is 168 g/mol. The van der Waals surface area contributed by atoms with Gasteiger partial charge in [0.1, 0.15) is 0 Å². The molecule has 0 aliphatic carbocycles. The van der Waals surface area contributed by atoms with Crippen LogP contribution in [0.3, 0.4) is 0 Å². The molecule has 0 radical (unpaired) electrons. The van der Waals surface area contributed by atoms with Crippen molar-refractivity contribution in [1.82, 2.24) is 0 Å². The Morgan fingerprint density at radius 1 is 0.818 bits per heavy atom. The Labute approximate surface area is 87.0 Å². The van der Waals surface area contributed by atoms with E-state index in [2.05, 4.69) is 13.8 Å². The van der Waals surface area contributed by atoms with E-state index in [4.69, 9.17) is 0 Å². The molecular formula is C10H21Ti-. The van der Waals surface area contributed by atoms with Gasteiger partial charge >= 0.3 is 0 Å². The fourth-order valence-electron chi connectivity index (χ4n) is 1.13. The topological polar surface area (TPSA) is 0 Å². The summed E-state index contributed by atoms with van der Waals surface area (Å²) >= 11 is 0. The number of rotatable bonds is 7. The molecule has 1 heteroatoms. The molecule has 0 aliphatic heterocycles. The Morgan fingerprint density at radius 3 is 1.73 bits per heavy atom. The Kier molecular flexibility index (Phi) is 17.2. The largest absolute Gasteiger partial charge is 0.343 e. The molecule has 0 spiro atoms. The van der Waals surface area contributed by atoms with Crippen molar-refractivity contribution in [2.75, 3.05) is 0 Å². The van der Waals surface area contributed by atoms with Gasteiger partial charge in [-0.15, -0.1) is 0 Å². The predicted molar refractivity (Wildman–Crippen MR) is 48.0 cm³/mol. The van der Waals surface area contributed by atoms with Crippen molar-refractivity contribution in [3.63, 3.8) is 0 Å². The van der Waals surface area contributed by atoms with Gasteiger partial charge < -0.3 is 6.92 Å². The minimum Gasteiger partial charge on any atom is -0.343 e. The van der Waals surface area contributed by atoms with Crippen LogP contribution in [0.15, 0.2) is 0 Å². The number of hydrogen-bond donors (Lipinski definition) is 0. The molecule has 0 aliphatic rings. The summed E-state index contributed by atoms with van der Waals surface area (Å²) in [5, 5.41) is 0. The average Bonchev–Trinajstić information content (AvgIpc) is 1.97. The standard InChI is InChI=1S/C10H21.Ti/c1-3-5-7-9-10-8-6-4-2;/h1,3-10H2,2H3;/q-1;. The van der Waals surface area contributed by atoms with Crippen LogP contribution in [0.5, 0.6) is 0 Å². The second-order valence-electron chi connectivity index (χ2n) is 2.97. The van der Waals surface area contributed by atoms with E-state index in [-0.39, 0.29) is 21.7 Å². The first-order chi connectivity index (χ1) is 4.91. The molecule has 0 saturated heterocycles. The van der Waals surface area contributed by atoms with Crippen molar-refractivity contribution in [2.24, 2.45) is 0 Å². The van der Waals surface area contributed by atoms with Crippen molar-refractivity contribution in [1.29, 1.82) is 0 Å². The van der Waals surface area contributed by atoms with Crippen LogP contribution >= 0.6 is 0 Å². The summed E-state index contributed by atoms with van der Waals surface area (Å²) in [6.07, 6.45) is 10.9. The molecule has 0 N–H and O–H groups in total. The van der Waals surface area contributed by atoms with E-state index in [1.165, 1.54) is 44.9 Å². The van der Waals surface area contributed by atoms with Gasteiger partial charge in [-0.05, 0) is 0 Å². The van der Waals surface area contributed by atoms with Gasteiger partial charge in [0, 0.05) is 21.7 Å². The van der Waals surface area contributed by atoms with Crippen molar-refractivity contribution in [3.8, 4) is 0 Å². The molecule has 66 valence electrons. The third-order valence-electron chi connectivity index (χ3n) is 1.85. The van der Waals surface area contributed by atoms with E-state index in [1.807, 2.05) is 0 Å². The molecule has 11 heavy (non-hydrogen) atoms. The first-order valence-electron chi connectivity index (χ1n) is 4.71. The van der Waals surface area contributed by atoms with Crippen molar-refractivity contribution < 1.29 is 21.7 Å². The molecule has 0 rings (SSSR count). The SMILES string of the molecule is [CH2-]CCCCCCCCC.[Ti]. The third kappa shape index (κ3) is 13.7. The molecule has 0 amide bonds. The quantitative estimate of drug-likeness (QED) is 0.323. The van der Waals surface area contributed by atoms with Gasteiger partial charge in [-0.2, -0.15) is 6.42 Å². The summed E-state index contributed by atoms with van der Waals surface area (Å²) < 4.78 is 0. The summed E-state index contributed by atoms with van der Waals surface area (Å²) in [6.45, 7) is 6.08. The van der Waals surface area contributed by atoms with E-state index in [0.717, 1.165) is 6.42 Å². The zero-order chi connectivity index (χ0) is 7.66. The maximum atomic E-state index is 3.82. The predicted octanol–water partition coefficient (Wildman–Crippen LogP) is 3.96. The first-order valence-corrected chi connectivity index (χ1v) is 4.71. The van der Waals surface area contributed by atoms with Gasteiger partial charge in [0.2, 0.25) is 0 Å². The zero-order valence-electron chi connectivity index (χ0n) is 7.86. The molecule has 0 fully saturated rings. The van der Waals surface area contributed by atoms with Gasteiger partial charge in [0.05, 0.1) is 0 Å². The Bertz CT molecular complexity index is 44.8. The average molecular weight is 189 g/mol. The maximum Gasteiger partial charge on any atom is 0 e. The van der Waals surface area contributed by atoms with Crippen LogP contribution in [-0.4, -0.2) is 0 Å². The van der Waals surface area contributed by atoms with E-state index >= 15 is 0 Å². The van der Waals surface area contributed by atoms with Crippen LogP contribution < -0.4 is 0 Å². The third-order valence-corrected chi connectivity index (χ3v) is 1.85. The molecule has 0 saturated carbocycles. The van der Waals surface area contributed by atoms with Gasteiger partial charge in [-0.3, -0.25) is 0 Å². The molecule has 0 atom stereocenters. The summed E-state index contributed by atoms with van der Waals surface area (Å²) in [7, 11) is 0. The van der Waals surface area contributed by atoms with Crippen LogP contribution in [0, 0.1) is 6.92 Å². The fraction of sp³-hybridized carbons (Fsp3) is 0.900.